The molecule has 0 amide bonds. The third-order valence-electron chi connectivity index (χ3n) is 2.58. The van der Waals surface area contributed by atoms with Gasteiger partial charge in [0, 0.05) is 12.6 Å². The molecule has 0 spiro atoms. The van der Waals surface area contributed by atoms with Crippen LogP contribution in [0.2, 0.25) is 0 Å². The van der Waals surface area contributed by atoms with Gasteiger partial charge in [0.2, 0.25) is 0 Å². The van der Waals surface area contributed by atoms with Crippen LogP contribution in [0, 0.1) is 0 Å². The van der Waals surface area contributed by atoms with Gasteiger partial charge in [-0.25, -0.2) is 0 Å². The zero-order chi connectivity index (χ0) is 9.52. The van der Waals surface area contributed by atoms with E-state index in [2.05, 4.69) is 17.6 Å². The van der Waals surface area contributed by atoms with E-state index in [1.165, 1.54) is 12.8 Å². The first-order chi connectivity index (χ1) is 6.33. The van der Waals surface area contributed by atoms with Gasteiger partial charge >= 0.3 is 0 Å². The summed E-state index contributed by atoms with van der Waals surface area (Å²) in [4.78, 5) is 0. The van der Waals surface area contributed by atoms with E-state index in [4.69, 9.17) is 0 Å². The summed E-state index contributed by atoms with van der Waals surface area (Å²) < 4.78 is 0. The van der Waals surface area contributed by atoms with Crippen molar-refractivity contribution in [2.45, 2.75) is 44.8 Å². The minimum atomic E-state index is -0.111. The molecule has 0 aromatic carbocycles. The molecular formula is C10H22N2O. The number of rotatable bonds is 6. The van der Waals surface area contributed by atoms with E-state index in [1.54, 1.807) is 0 Å². The summed E-state index contributed by atoms with van der Waals surface area (Å²) in [6, 6.07) is 0.532. The minimum Gasteiger partial charge on any atom is -0.392 e. The molecule has 1 fully saturated rings. The smallest absolute Gasteiger partial charge is 0.0679 e. The van der Waals surface area contributed by atoms with Gasteiger partial charge in [0.25, 0.3) is 0 Å². The number of β-amino-alcohol motifs (C(OH)–C–C–N with tert-alkyl or cyclic N) is 1. The fourth-order valence-corrected chi connectivity index (χ4v) is 1.72. The van der Waals surface area contributed by atoms with Gasteiger partial charge in [0.05, 0.1) is 6.10 Å². The summed E-state index contributed by atoms with van der Waals surface area (Å²) in [7, 11) is 0. The van der Waals surface area contributed by atoms with Crippen LogP contribution in [0.3, 0.4) is 0 Å². The van der Waals surface area contributed by atoms with Crippen molar-refractivity contribution in [3.8, 4) is 0 Å². The Kier molecular flexibility index (Phi) is 5.35. The first kappa shape index (κ1) is 11.0. The second-order valence-electron chi connectivity index (χ2n) is 3.89. The fourth-order valence-electron chi connectivity index (χ4n) is 1.72. The average Bonchev–Trinajstić information content (AvgIpc) is 2.51. The minimum absolute atomic E-state index is 0.111. The molecule has 0 aromatic heterocycles. The number of unbranched alkanes of at least 4 members (excludes halogenated alkanes) is 1. The number of hydrogen-bond acceptors (Lipinski definition) is 3. The lowest BCUT2D eigenvalue weighted by molar-refractivity contribution is 0.192. The molecule has 0 aromatic rings. The zero-order valence-corrected chi connectivity index (χ0v) is 8.55. The lowest BCUT2D eigenvalue weighted by Crippen LogP contribution is -2.27. The van der Waals surface area contributed by atoms with Crippen LogP contribution in [0.5, 0.6) is 0 Å². The van der Waals surface area contributed by atoms with Crippen molar-refractivity contribution in [1.29, 1.82) is 0 Å². The van der Waals surface area contributed by atoms with Gasteiger partial charge in [0.1, 0.15) is 0 Å². The maximum absolute atomic E-state index is 9.26. The summed E-state index contributed by atoms with van der Waals surface area (Å²) in [6.07, 6.45) is 4.48. The second kappa shape index (κ2) is 6.35. The van der Waals surface area contributed by atoms with E-state index in [9.17, 15) is 5.11 Å². The normalized spacial score (nSPS) is 28.2. The highest BCUT2D eigenvalue weighted by atomic mass is 16.3. The van der Waals surface area contributed by atoms with E-state index in [-0.39, 0.29) is 6.10 Å². The van der Waals surface area contributed by atoms with E-state index in [0.717, 1.165) is 32.5 Å². The monoisotopic (exact) mass is 186 g/mol. The number of aliphatic hydroxyl groups excluding tert-OH is 1. The third kappa shape index (κ3) is 4.60. The Labute approximate surface area is 80.9 Å². The Balaban J connectivity index is 1.88. The summed E-state index contributed by atoms with van der Waals surface area (Å²) >= 11 is 0. The Morgan fingerprint density at radius 2 is 2.31 bits per heavy atom. The van der Waals surface area contributed by atoms with Crippen LogP contribution < -0.4 is 10.6 Å². The second-order valence-corrected chi connectivity index (χ2v) is 3.89. The Morgan fingerprint density at radius 1 is 1.46 bits per heavy atom. The summed E-state index contributed by atoms with van der Waals surface area (Å²) in [5, 5.41) is 16.0. The topological polar surface area (TPSA) is 44.3 Å². The Bertz CT molecular complexity index is 130. The molecule has 1 aliphatic rings. The molecule has 13 heavy (non-hydrogen) atoms. The van der Waals surface area contributed by atoms with Crippen LogP contribution in [0.4, 0.5) is 0 Å². The summed E-state index contributed by atoms with van der Waals surface area (Å²) in [5.74, 6) is 0. The maximum Gasteiger partial charge on any atom is 0.0679 e. The van der Waals surface area contributed by atoms with Gasteiger partial charge in [-0.05, 0) is 32.4 Å². The molecule has 1 saturated heterocycles. The highest BCUT2D eigenvalue weighted by Gasteiger charge is 2.20. The van der Waals surface area contributed by atoms with Crippen LogP contribution in [0.1, 0.15) is 32.6 Å². The first-order valence-electron chi connectivity index (χ1n) is 5.45. The molecule has 1 aliphatic heterocycles. The van der Waals surface area contributed by atoms with Crippen molar-refractivity contribution in [1.82, 2.24) is 10.6 Å². The highest BCUT2D eigenvalue weighted by molar-refractivity contribution is 4.81. The lowest BCUT2D eigenvalue weighted by atomic mass is 10.1. The number of aliphatic hydroxyl groups is 1. The van der Waals surface area contributed by atoms with Crippen molar-refractivity contribution in [2.24, 2.45) is 0 Å². The van der Waals surface area contributed by atoms with Crippen LogP contribution in [0.15, 0.2) is 0 Å². The van der Waals surface area contributed by atoms with Crippen LogP contribution in [-0.4, -0.2) is 36.9 Å². The molecule has 3 heteroatoms. The standard InChI is InChI=1S/C10H22N2O/c1-2-3-5-11-6-4-9-7-10(13)8-12-9/h9-13H,2-8H2,1H3. The maximum atomic E-state index is 9.26. The van der Waals surface area contributed by atoms with Gasteiger partial charge < -0.3 is 15.7 Å². The van der Waals surface area contributed by atoms with Gasteiger partial charge in [-0.1, -0.05) is 13.3 Å². The largest absolute Gasteiger partial charge is 0.392 e. The molecule has 0 aliphatic carbocycles. The van der Waals surface area contributed by atoms with E-state index >= 15 is 0 Å². The molecule has 0 radical (unpaired) electrons. The van der Waals surface area contributed by atoms with Crippen LogP contribution in [0.25, 0.3) is 0 Å². The van der Waals surface area contributed by atoms with Crippen LogP contribution >= 0.6 is 0 Å². The quantitative estimate of drug-likeness (QED) is 0.529. The van der Waals surface area contributed by atoms with Crippen molar-refractivity contribution in [2.75, 3.05) is 19.6 Å². The van der Waals surface area contributed by atoms with Crippen molar-refractivity contribution in [3.63, 3.8) is 0 Å². The van der Waals surface area contributed by atoms with Gasteiger partial charge in [-0.15, -0.1) is 0 Å². The SMILES string of the molecule is CCCCNCCC1CC(O)CN1. The molecule has 0 saturated carbocycles. The van der Waals surface area contributed by atoms with E-state index < -0.39 is 0 Å². The Hall–Kier alpha value is -0.120. The Morgan fingerprint density at radius 3 is 2.92 bits per heavy atom. The van der Waals surface area contributed by atoms with Gasteiger partial charge in [0.15, 0.2) is 0 Å². The third-order valence-corrected chi connectivity index (χ3v) is 2.58. The van der Waals surface area contributed by atoms with E-state index in [0.29, 0.717) is 6.04 Å². The predicted octanol–water partition coefficient (Wildman–Crippen LogP) is 0.489. The lowest BCUT2D eigenvalue weighted by Gasteiger charge is -2.10. The highest BCUT2D eigenvalue weighted by Crippen LogP contribution is 2.08. The molecule has 2 atom stereocenters. The number of hydrogen-bond donors (Lipinski definition) is 3. The predicted molar refractivity (Wildman–Crippen MR) is 54.8 cm³/mol. The van der Waals surface area contributed by atoms with Gasteiger partial charge in [-0.2, -0.15) is 0 Å². The molecule has 78 valence electrons. The molecular weight excluding hydrogens is 164 g/mol. The molecule has 3 nitrogen and oxygen atoms in total. The molecule has 2 unspecified atom stereocenters. The van der Waals surface area contributed by atoms with E-state index in [1.807, 2.05) is 0 Å². The van der Waals surface area contributed by atoms with Crippen molar-refractivity contribution in [3.05, 3.63) is 0 Å². The van der Waals surface area contributed by atoms with Crippen molar-refractivity contribution < 1.29 is 5.11 Å². The molecule has 3 N–H and O–H groups in total. The fraction of sp³-hybridized carbons (Fsp3) is 1.00. The average molecular weight is 186 g/mol. The van der Waals surface area contributed by atoms with Crippen LogP contribution in [-0.2, 0) is 0 Å². The van der Waals surface area contributed by atoms with Crippen molar-refractivity contribution >= 4 is 0 Å². The summed E-state index contributed by atoms with van der Waals surface area (Å²) in [6.45, 7) is 5.19. The summed E-state index contributed by atoms with van der Waals surface area (Å²) in [5.41, 5.74) is 0. The molecule has 0 bridgehead atoms. The number of nitrogens with one attached hydrogen (secondary N) is 2. The zero-order valence-electron chi connectivity index (χ0n) is 8.55. The van der Waals surface area contributed by atoms with Gasteiger partial charge in [-0.3, -0.25) is 0 Å². The molecule has 1 heterocycles. The first-order valence-corrected chi connectivity index (χ1v) is 5.45. The molecule has 1 rings (SSSR count).